The van der Waals surface area contributed by atoms with Crippen molar-refractivity contribution in [3.05, 3.63) is 34.1 Å². The fraction of sp³-hybridized carbons (Fsp3) is 0.421. The second-order valence-electron chi connectivity index (χ2n) is 7.03. The second-order valence-corrected chi connectivity index (χ2v) is 7.03. The van der Waals surface area contributed by atoms with Gasteiger partial charge in [-0.2, -0.15) is 0 Å². The number of esters is 1. The number of phenols is 2. The minimum absolute atomic E-state index is 0.0162. The Labute approximate surface area is 159 Å². The van der Waals surface area contributed by atoms with Crippen LogP contribution in [-0.4, -0.2) is 53.9 Å². The van der Waals surface area contributed by atoms with Crippen LogP contribution in [0.25, 0.3) is 0 Å². The molecule has 0 radical (unpaired) electrons. The predicted molar refractivity (Wildman–Crippen MR) is 91.0 cm³/mol. The van der Waals surface area contributed by atoms with Crippen molar-refractivity contribution in [1.29, 1.82) is 0 Å². The number of methoxy groups -OCH3 is 2. The first kappa shape index (κ1) is 18.5. The highest BCUT2D eigenvalue weighted by atomic mass is 16.7. The van der Waals surface area contributed by atoms with Crippen LogP contribution >= 0.6 is 0 Å². The number of carbonyl (C=O) groups excluding carboxylic acids is 3. The predicted octanol–water partition coefficient (Wildman–Crippen LogP) is 1.30. The van der Waals surface area contributed by atoms with E-state index in [2.05, 4.69) is 0 Å². The Hall–Kier alpha value is -2.91. The molecule has 1 saturated heterocycles. The molecule has 3 atom stereocenters. The molecule has 2 heterocycles. The van der Waals surface area contributed by atoms with Crippen LogP contribution in [0.5, 0.6) is 11.5 Å². The molecule has 0 spiro atoms. The number of Topliss-reactive ketones (excluding diaryl/α,β-unsaturated/α-hetero) is 1. The second kappa shape index (κ2) is 6.05. The molecule has 0 saturated carbocycles. The van der Waals surface area contributed by atoms with Gasteiger partial charge in [-0.15, -0.1) is 0 Å². The number of hydrogen-bond donors (Lipinski definition) is 2. The lowest BCUT2D eigenvalue weighted by Crippen LogP contribution is -2.51. The van der Waals surface area contributed by atoms with Crippen LogP contribution in [0.1, 0.15) is 51.3 Å². The molecule has 28 heavy (non-hydrogen) atoms. The van der Waals surface area contributed by atoms with Gasteiger partial charge < -0.3 is 29.2 Å². The standard InChI is InChI=1S/C19H18O9/c1-19-6-7-12(9(27-19)5-11(28-19)18(24)26-3)17(23)13-8(20)4-10(25-2)16(22)14(13)15(7)21/h4,9,11,21,23H,5-6H2,1-3H3/t9-,11-,19-/m1/s1. The molecule has 9 heteroatoms. The highest BCUT2D eigenvalue weighted by Crippen LogP contribution is 2.53. The van der Waals surface area contributed by atoms with E-state index in [4.69, 9.17) is 18.9 Å². The zero-order valence-electron chi connectivity index (χ0n) is 15.4. The molecule has 2 aliphatic heterocycles. The highest BCUT2D eigenvalue weighted by molar-refractivity contribution is 6.26. The van der Waals surface area contributed by atoms with Crippen LogP contribution in [0, 0.1) is 0 Å². The van der Waals surface area contributed by atoms with E-state index in [1.807, 2.05) is 0 Å². The monoisotopic (exact) mass is 390 g/mol. The van der Waals surface area contributed by atoms with Gasteiger partial charge >= 0.3 is 5.97 Å². The minimum Gasteiger partial charge on any atom is -0.507 e. The zero-order chi connectivity index (χ0) is 20.4. The number of rotatable bonds is 2. The SMILES string of the molecule is COC(=O)[C@H]1C[C@H]2O[C@@](C)(Cc3c(O)c4c(c(O)c32)C(=O)C=C(OC)C4=O)O1. The van der Waals surface area contributed by atoms with E-state index in [-0.39, 0.29) is 40.9 Å². The van der Waals surface area contributed by atoms with Crippen molar-refractivity contribution >= 4 is 17.5 Å². The quantitative estimate of drug-likeness (QED) is 0.567. The number of aromatic hydroxyl groups is 2. The van der Waals surface area contributed by atoms with Crippen LogP contribution in [-0.2, 0) is 30.2 Å². The first-order chi connectivity index (χ1) is 13.2. The summed E-state index contributed by atoms with van der Waals surface area (Å²) in [5.74, 6) is -4.37. The van der Waals surface area contributed by atoms with E-state index in [1.54, 1.807) is 6.92 Å². The number of carbonyl (C=O) groups is 3. The highest BCUT2D eigenvalue weighted by Gasteiger charge is 2.50. The average molecular weight is 390 g/mol. The lowest BCUT2D eigenvalue weighted by Gasteiger charge is -2.46. The fourth-order valence-corrected chi connectivity index (χ4v) is 4.09. The van der Waals surface area contributed by atoms with Gasteiger partial charge in [-0.25, -0.2) is 4.79 Å². The van der Waals surface area contributed by atoms with Gasteiger partial charge in [-0.05, 0) is 6.92 Å². The number of phenolic OH excluding ortho intramolecular Hbond substituents is 2. The number of ether oxygens (including phenoxy) is 4. The number of hydrogen-bond acceptors (Lipinski definition) is 9. The molecular weight excluding hydrogens is 372 g/mol. The van der Waals surface area contributed by atoms with Gasteiger partial charge in [0.15, 0.2) is 23.4 Å². The summed E-state index contributed by atoms with van der Waals surface area (Å²) in [7, 11) is 2.47. The summed E-state index contributed by atoms with van der Waals surface area (Å²) >= 11 is 0. The number of fused-ring (bicyclic) bond motifs is 5. The third-order valence-corrected chi connectivity index (χ3v) is 5.26. The van der Waals surface area contributed by atoms with Gasteiger partial charge in [-0.1, -0.05) is 0 Å². The number of ketones is 2. The molecule has 2 bridgehead atoms. The van der Waals surface area contributed by atoms with E-state index in [0.717, 1.165) is 6.08 Å². The largest absolute Gasteiger partial charge is 0.507 e. The first-order valence-electron chi connectivity index (χ1n) is 8.59. The molecule has 0 unspecified atom stereocenters. The number of allylic oxidation sites excluding steroid dienone is 2. The summed E-state index contributed by atoms with van der Waals surface area (Å²) in [6.45, 7) is 1.58. The topological polar surface area (TPSA) is 129 Å². The molecule has 148 valence electrons. The van der Waals surface area contributed by atoms with Crippen molar-refractivity contribution in [2.24, 2.45) is 0 Å². The summed E-state index contributed by atoms with van der Waals surface area (Å²) in [5.41, 5.74) is -0.220. The Morgan fingerprint density at radius 3 is 2.54 bits per heavy atom. The fourth-order valence-electron chi connectivity index (χ4n) is 4.09. The van der Waals surface area contributed by atoms with Gasteiger partial charge in [-0.3, -0.25) is 9.59 Å². The Kier molecular flexibility index (Phi) is 3.98. The van der Waals surface area contributed by atoms with Crippen LogP contribution < -0.4 is 0 Å². The van der Waals surface area contributed by atoms with Crippen LogP contribution in [0.2, 0.25) is 0 Å². The van der Waals surface area contributed by atoms with Gasteiger partial charge in [0.05, 0.1) is 31.5 Å². The molecular formula is C19H18O9. The van der Waals surface area contributed by atoms with Crippen LogP contribution in [0.3, 0.4) is 0 Å². The Balaban J connectivity index is 1.91. The molecule has 0 amide bonds. The van der Waals surface area contributed by atoms with Crippen LogP contribution in [0.4, 0.5) is 0 Å². The summed E-state index contributed by atoms with van der Waals surface area (Å²) < 4.78 is 21.2. The van der Waals surface area contributed by atoms with Gasteiger partial charge in [0.25, 0.3) is 0 Å². The minimum atomic E-state index is -1.28. The van der Waals surface area contributed by atoms with Gasteiger partial charge in [0.1, 0.15) is 11.5 Å². The molecule has 2 N–H and O–H groups in total. The molecule has 9 nitrogen and oxygen atoms in total. The number of benzene rings is 1. The van der Waals surface area contributed by atoms with Crippen molar-refractivity contribution in [3.8, 4) is 11.5 Å². The lowest BCUT2D eigenvalue weighted by atomic mass is 9.80. The molecule has 3 aliphatic rings. The van der Waals surface area contributed by atoms with E-state index < -0.39 is 47.0 Å². The van der Waals surface area contributed by atoms with E-state index >= 15 is 0 Å². The first-order valence-corrected chi connectivity index (χ1v) is 8.59. The maximum absolute atomic E-state index is 12.6. The summed E-state index contributed by atoms with van der Waals surface area (Å²) in [5, 5.41) is 21.7. The van der Waals surface area contributed by atoms with E-state index in [9.17, 15) is 24.6 Å². The maximum Gasteiger partial charge on any atom is 0.335 e. The Bertz CT molecular complexity index is 961. The molecule has 4 rings (SSSR count). The van der Waals surface area contributed by atoms with Crippen molar-refractivity contribution in [1.82, 2.24) is 0 Å². The van der Waals surface area contributed by atoms with E-state index in [1.165, 1.54) is 14.2 Å². The van der Waals surface area contributed by atoms with Crippen molar-refractivity contribution in [2.75, 3.05) is 14.2 Å². The Morgan fingerprint density at radius 2 is 1.89 bits per heavy atom. The maximum atomic E-state index is 12.6. The zero-order valence-corrected chi connectivity index (χ0v) is 15.4. The molecule has 1 aromatic rings. The van der Waals surface area contributed by atoms with E-state index in [0.29, 0.717) is 0 Å². The molecule has 1 aromatic carbocycles. The van der Waals surface area contributed by atoms with Crippen molar-refractivity contribution < 1.29 is 43.5 Å². The normalized spacial score (nSPS) is 28.2. The van der Waals surface area contributed by atoms with Crippen LogP contribution in [0.15, 0.2) is 11.8 Å². The smallest absolute Gasteiger partial charge is 0.335 e. The summed E-state index contributed by atoms with van der Waals surface area (Å²) in [6, 6.07) is 0. The van der Waals surface area contributed by atoms with Crippen molar-refractivity contribution in [2.45, 2.75) is 37.8 Å². The Morgan fingerprint density at radius 1 is 1.18 bits per heavy atom. The molecule has 0 aromatic heterocycles. The average Bonchev–Trinajstić information content (AvgIpc) is 2.65. The molecule has 1 aliphatic carbocycles. The lowest BCUT2D eigenvalue weighted by molar-refractivity contribution is -0.314. The third-order valence-electron chi connectivity index (χ3n) is 5.26. The summed E-state index contributed by atoms with van der Waals surface area (Å²) in [4.78, 5) is 37.1. The van der Waals surface area contributed by atoms with Crippen molar-refractivity contribution in [3.63, 3.8) is 0 Å². The summed E-state index contributed by atoms with van der Waals surface area (Å²) in [6.07, 6.45) is -0.838. The van der Waals surface area contributed by atoms with Gasteiger partial charge in [0, 0.05) is 30.0 Å². The molecule has 1 fully saturated rings. The van der Waals surface area contributed by atoms with Gasteiger partial charge in [0.2, 0.25) is 5.78 Å². The third kappa shape index (κ3) is 2.43.